The summed E-state index contributed by atoms with van der Waals surface area (Å²) in [5, 5.41) is 11.9. The molecule has 0 bridgehead atoms. The summed E-state index contributed by atoms with van der Waals surface area (Å²) in [6, 6.07) is 0. The van der Waals surface area contributed by atoms with Crippen molar-refractivity contribution >= 4 is 6.16 Å². The smallest absolute Gasteiger partial charge is 0.448 e. The van der Waals surface area contributed by atoms with Crippen LogP contribution in [0.25, 0.3) is 0 Å². The molecule has 0 fully saturated rings. The zero-order valence-electron chi connectivity index (χ0n) is 8.11. The minimum absolute atomic E-state index is 0.329. The molecule has 0 radical (unpaired) electrons. The van der Waals surface area contributed by atoms with Gasteiger partial charge in [-0.1, -0.05) is 19.3 Å². The van der Waals surface area contributed by atoms with E-state index < -0.39 is 6.16 Å². The van der Waals surface area contributed by atoms with Crippen molar-refractivity contribution in [2.24, 2.45) is 5.73 Å². The predicted octanol–water partition coefficient (Wildman–Crippen LogP) is 1.45. The summed E-state index contributed by atoms with van der Waals surface area (Å²) in [5.74, 6) is 0. The first-order chi connectivity index (χ1) is 6.77. The van der Waals surface area contributed by atoms with Gasteiger partial charge in [-0.2, -0.15) is 4.89 Å². The Balaban J connectivity index is 2.88. The normalized spacial score (nSPS) is 10.1. The SMILES string of the molecule is NCCCCCCCOOOC(=O)O. The molecule has 14 heavy (non-hydrogen) atoms. The van der Waals surface area contributed by atoms with Crippen molar-refractivity contribution in [1.29, 1.82) is 0 Å². The molecule has 0 amide bonds. The molecule has 0 aromatic rings. The van der Waals surface area contributed by atoms with Gasteiger partial charge in [0.05, 0.1) is 6.61 Å². The minimum atomic E-state index is -1.52. The molecule has 0 heterocycles. The summed E-state index contributed by atoms with van der Waals surface area (Å²) >= 11 is 0. The number of hydrogen-bond donors (Lipinski definition) is 2. The van der Waals surface area contributed by atoms with Gasteiger partial charge in [-0.25, -0.2) is 9.68 Å². The van der Waals surface area contributed by atoms with Gasteiger partial charge >= 0.3 is 6.16 Å². The maximum absolute atomic E-state index is 9.77. The molecule has 0 rings (SSSR count). The largest absolute Gasteiger partial charge is 0.540 e. The molecule has 6 nitrogen and oxygen atoms in total. The molecule has 0 aromatic heterocycles. The first kappa shape index (κ1) is 13.2. The first-order valence-electron chi connectivity index (χ1n) is 4.66. The molecule has 0 saturated heterocycles. The Morgan fingerprint density at radius 3 is 2.43 bits per heavy atom. The number of nitrogens with two attached hydrogens (primary N) is 1. The van der Waals surface area contributed by atoms with Crippen molar-refractivity contribution in [1.82, 2.24) is 0 Å². The van der Waals surface area contributed by atoms with Gasteiger partial charge in [-0.15, -0.1) is 0 Å². The molecule has 0 aliphatic rings. The van der Waals surface area contributed by atoms with Crippen LogP contribution < -0.4 is 5.73 Å². The lowest BCUT2D eigenvalue weighted by Gasteiger charge is -2.00. The molecule has 0 aliphatic heterocycles. The molecule has 0 aromatic carbocycles. The summed E-state index contributed by atoms with van der Waals surface area (Å²) < 4.78 is 0. The highest BCUT2D eigenvalue weighted by molar-refractivity contribution is 5.55. The second-order valence-corrected chi connectivity index (χ2v) is 2.80. The molecule has 84 valence electrons. The van der Waals surface area contributed by atoms with E-state index in [1.807, 2.05) is 0 Å². The fraction of sp³-hybridized carbons (Fsp3) is 0.875. The highest BCUT2D eigenvalue weighted by Gasteiger charge is 1.97. The molecule has 0 spiro atoms. The van der Waals surface area contributed by atoms with Crippen LogP contribution in [0, 0.1) is 0 Å². The van der Waals surface area contributed by atoms with Gasteiger partial charge in [0.2, 0.25) is 0 Å². The van der Waals surface area contributed by atoms with Crippen LogP contribution in [0.1, 0.15) is 32.1 Å². The van der Waals surface area contributed by atoms with E-state index in [0.717, 1.165) is 38.6 Å². The Labute approximate surface area is 82.8 Å². The Hall–Kier alpha value is -0.850. The zero-order chi connectivity index (χ0) is 10.6. The quantitative estimate of drug-likeness (QED) is 0.338. The Morgan fingerprint density at radius 2 is 1.79 bits per heavy atom. The summed E-state index contributed by atoms with van der Waals surface area (Å²) in [4.78, 5) is 17.9. The van der Waals surface area contributed by atoms with Crippen LogP contribution in [-0.4, -0.2) is 24.4 Å². The second kappa shape index (κ2) is 10.2. The lowest BCUT2D eigenvalue weighted by Crippen LogP contribution is -2.03. The Morgan fingerprint density at radius 1 is 1.14 bits per heavy atom. The minimum Gasteiger partial charge on any atom is -0.448 e. The van der Waals surface area contributed by atoms with E-state index in [4.69, 9.17) is 10.8 Å². The van der Waals surface area contributed by atoms with Gasteiger partial charge in [0.25, 0.3) is 0 Å². The number of unbranched alkanes of at least 4 members (excludes halogenated alkanes) is 4. The van der Waals surface area contributed by atoms with E-state index in [0.29, 0.717) is 6.61 Å². The van der Waals surface area contributed by atoms with Gasteiger partial charge in [0, 0.05) is 0 Å². The molecule has 3 N–H and O–H groups in total. The lowest BCUT2D eigenvalue weighted by molar-refractivity contribution is -0.485. The standard InChI is InChI=1S/C8H17NO5/c9-6-4-2-1-3-5-7-12-14-13-8(10)11/h1-7,9H2,(H,10,11). The summed E-state index contributed by atoms with van der Waals surface area (Å²) in [6.07, 6.45) is 3.56. The van der Waals surface area contributed by atoms with E-state index in [9.17, 15) is 4.79 Å². The topological polar surface area (TPSA) is 91.0 Å². The van der Waals surface area contributed by atoms with Crippen molar-refractivity contribution in [3.05, 3.63) is 0 Å². The van der Waals surface area contributed by atoms with Crippen molar-refractivity contribution < 1.29 is 24.7 Å². The fourth-order valence-corrected chi connectivity index (χ4v) is 0.923. The highest BCUT2D eigenvalue weighted by Crippen LogP contribution is 2.02. The van der Waals surface area contributed by atoms with Crippen LogP contribution in [-0.2, 0) is 14.8 Å². The highest BCUT2D eigenvalue weighted by atomic mass is 17.5. The van der Waals surface area contributed by atoms with Crippen LogP contribution >= 0.6 is 0 Å². The fourth-order valence-electron chi connectivity index (χ4n) is 0.923. The summed E-state index contributed by atoms with van der Waals surface area (Å²) in [6.45, 7) is 1.06. The monoisotopic (exact) mass is 207 g/mol. The van der Waals surface area contributed by atoms with Gasteiger partial charge in [0.1, 0.15) is 0 Å². The van der Waals surface area contributed by atoms with Crippen molar-refractivity contribution in [2.45, 2.75) is 32.1 Å². The maximum atomic E-state index is 9.77. The van der Waals surface area contributed by atoms with Crippen molar-refractivity contribution in [3.8, 4) is 0 Å². The van der Waals surface area contributed by atoms with E-state index in [2.05, 4.69) is 14.8 Å². The number of carbonyl (C=O) groups is 1. The van der Waals surface area contributed by atoms with Gasteiger partial charge in [0.15, 0.2) is 0 Å². The van der Waals surface area contributed by atoms with Gasteiger partial charge in [-0.3, -0.25) is 0 Å². The van der Waals surface area contributed by atoms with E-state index >= 15 is 0 Å². The van der Waals surface area contributed by atoms with Crippen molar-refractivity contribution in [3.63, 3.8) is 0 Å². The molecule has 6 heteroatoms. The van der Waals surface area contributed by atoms with Crippen LogP contribution in [0.4, 0.5) is 4.79 Å². The van der Waals surface area contributed by atoms with Gasteiger partial charge < -0.3 is 10.8 Å². The van der Waals surface area contributed by atoms with E-state index in [-0.39, 0.29) is 0 Å². The first-order valence-corrected chi connectivity index (χ1v) is 4.66. The van der Waals surface area contributed by atoms with Crippen LogP contribution in [0.2, 0.25) is 0 Å². The molecule has 0 aliphatic carbocycles. The molecular formula is C8H17NO5. The third-order valence-electron chi connectivity index (χ3n) is 1.59. The van der Waals surface area contributed by atoms with Crippen LogP contribution in [0.3, 0.4) is 0 Å². The third kappa shape index (κ3) is 11.2. The number of hydrogen-bond acceptors (Lipinski definition) is 5. The summed E-state index contributed by atoms with van der Waals surface area (Å²) in [5.41, 5.74) is 5.32. The molecular weight excluding hydrogens is 190 g/mol. The van der Waals surface area contributed by atoms with Crippen LogP contribution in [0.15, 0.2) is 0 Å². The van der Waals surface area contributed by atoms with Crippen LogP contribution in [0.5, 0.6) is 0 Å². The second-order valence-electron chi connectivity index (χ2n) is 2.80. The molecule has 0 saturated carbocycles. The summed E-state index contributed by atoms with van der Waals surface area (Å²) in [7, 11) is 0. The lowest BCUT2D eigenvalue weighted by atomic mass is 10.1. The molecule has 0 atom stereocenters. The zero-order valence-corrected chi connectivity index (χ0v) is 8.11. The predicted molar refractivity (Wildman–Crippen MR) is 48.3 cm³/mol. The third-order valence-corrected chi connectivity index (χ3v) is 1.59. The number of carboxylic acid groups (broad SMARTS) is 1. The van der Waals surface area contributed by atoms with E-state index in [1.165, 1.54) is 0 Å². The number of rotatable bonds is 9. The average Bonchev–Trinajstić information content (AvgIpc) is 2.15. The van der Waals surface area contributed by atoms with Crippen molar-refractivity contribution in [2.75, 3.05) is 13.2 Å². The molecule has 0 unspecified atom stereocenters. The Bertz CT molecular complexity index is 142. The Kier molecular flexibility index (Phi) is 9.61. The average molecular weight is 207 g/mol. The maximum Gasteiger partial charge on any atom is 0.540 e. The van der Waals surface area contributed by atoms with E-state index in [1.54, 1.807) is 0 Å². The van der Waals surface area contributed by atoms with Gasteiger partial charge in [-0.05, 0) is 24.4 Å².